The van der Waals surface area contributed by atoms with Crippen LogP contribution in [0.1, 0.15) is 33.5 Å². The number of carbonyl (C=O) groups excluding carboxylic acids is 2. The Bertz CT molecular complexity index is 1290. The van der Waals surface area contributed by atoms with Crippen molar-refractivity contribution in [1.82, 2.24) is 4.90 Å². The zero-order valence-corrected chi connectivity index (χ0v) is 19.5. The van der Waals surface area contributed by atoms with E-state index in [9.17, 15) is 19.5 Å². The van der Waals surface area contributed by atoms with Gasteiger partial charge in [0.05, 0.1) is 6.42 Å². The molecule has 4 rings (SSSR count). The fourth-order valence-electron chi connectivity index (χ4n) is 4.11. The molecule has 0 radical (unpaired) electrons. The van der Waals surface area contributed by atoms with Crippen molar-refractivity contribution in [2.24, 2.45) is 5.73 Å². The highest BCUT2D eigenvalue weighted by Gasteiger charge is 2.31. The predicted molar refractivity (Wildman–Crippen MR) is 137 cm³/mol. The third-order valence-electron chi connectivity index (χ3n) is 6.01. The number of hydrogen-bond donors (Lipinski definition) is 5. The van der Waals surface area contributed by atoms with Crippen molar-refractivity contribution >= 4 is 35.0 Å². The minimum absolute atomic E-state index is 0.0568. The number of hydrogen-bond acceptors (Lipinski definition) is 5. The average Bonchev–Trinajstić information content (AvgIpc) is 2.99. The van der Waals surface area contributed by atoms with Crippen LogP contribution in [0.15, 0.2) is 72.8 Å². The number of anilines is 2. The first-order valence-electron chi connectivity index (χ1n) is 11.5. The molecule has 9 heteroatoms. The molecule has 3 aromatic carbocycles. The van der Waals surface area contributed by atoms with Crippen molar-refractivity contribution < 1.29 is 19.5 Å². The quantitative estimate of drug-likeness (QED) is 0.245. The number of rotatable bonds is 8. The largest absolute Gasteiger partial charge is 0.481 e. The van der Waals surface area contributed by atoms with Crippen LogP contribution in [0.5, 0.6) is 0 Å². The zero-order chi connectivity index (χ0) is 25.7. The van der Waals surface area contributed by atoms with Gasteiger partial charge < -0.3 is 26.4 Å². The van der Waals surface area contributed by atoms with E-state index >= 15 is 0 Å². The van der Waals surface area contributed by atoms with Gasteiger partial charge in [-0.05, 0) is 60.0 Å². The van der Waals surface area contributed by atoms with Crippen LogP contribution in [-0.2, 0) is 22.6 Å². The van der Waals surface area contributed by atoms with Gasteiger partial charge in [0.15, 0.2) is 0 Å². The second-order valence-electron chi connectivity index (χ2n) is 8.61. The molecule has 9 nitrogen and oxygen atoms in total. The summed E-state index contributed by atoms with van der Waals surface area (Å²) in [5.41, 5.74) is 9.41. The van der Waals surface area contributed by atoms with Crippen molar-refractivity contribution in [3.05, 3.63) is 95.1 Å². The first kappa shape index (κ1) is 24.5. The van der Waals surface area contributed by atoms with Gasteiger partial charge in [-0.3, -0.25) is 19.8 Å². The Morgan fingerprint density at radius 2 is 1.75 bits per heavy atom. The van der Waals surface area contributed by atoms with E-state index in [0.29, 0.717) is 35.5 Å². The average molecular weight is 486 g/mol. The van der Waals surface area contributed by atoms with Gasteiger partial charge in [-0.25, -0.2) is 0 Å². The first-order valence-corrected chi connectivity index (χ1v) is 11.5. The van der Waals surface area contributed by atoms with Crippen LogP contribution in [0.25, 0.3) is 0 Å². The molecule has 1 aliphatic rings. The van der Waals surface area contributed by atoms with Gasteiger partial charge in [0, 0.05) is 35.6 Å². The summed E-state index contributed by atoms with van der Waals surface area (Å²) in [5, 5.41) is 22.7. The summed E-state index contributed by atoms with van der Waals surface area (Å²) in [7, 11) is 0. The minimum Gasteiger partial charge on any atom is -0.481 e. The van der Waals surface area contributed by atoms with Gasteiger partial charge in [0.25, 0.3) is 5.91 Å². The molecular formula is C27H27N5O4. The molecule has 1 heterocycles. The highest BCUT2D eigenvalue weighted by molar-refractivity contribution is 6.05. The van der Waals surface area contributed by atoms with Gasteiger partial charge in [0.1, 0.15) is 11.9 Å². The number of carboxylic acid groups (broad SMARTS) is 1. The molecule has 0 saturated heterocycles. The molecule has 0 aliphatic carbocycles. The van der Waals surface area contributed by atoms with Crippen LogP contribution >= 0.6 is 0 Å². The molecule has 36 heavy (non-hydrogen) atoms. The van der Waals surface area contributed by atoms with E-state index in [0.717, 1.165) is 11.1 Å². The van der Waals surface area contributed by atoms with E-state index in [-0.39, 0.29) is 30.6 Å². The van der Waals surface area contributed by atoms with E-state index in [1.165, 1.54) is 0 Å². The molecule has 6 N–H and O–H groups in total. The number of amidine groups is 1. The minimum atomic E-state index is -1.07. The molecule has 3 aromatic rings. The summed E-state index contributed by atoms with van der Waals surface area (Å²) >= 11 is 0. The number of aliphatic carboxylic acids is 1. The Balaban J connectivity index is 1.55. The van der Waals surface area contributed by atoms with Crippen molar-refractivity contribution in [2.45, 2.75) is 25.4 Å². The third-order valence-corrected chi connectivity index (χ3v) is 6.01. The summed E-state index contributed by atoms with van der Waals surface area (Å²) < 4.78 is 0. The molecular weight excluding hydrogens is 458 g/mol. The second-order valence-corrected chi connectivity index (χ2v) is 8.61. The lowest BCUT2D eigenvalue weighted by molar-refractivity contribution is -0.141. The molecule has 1 aliphatic heterocycles. The normalized spacial score (nSPS) is 14.8. The third kappa shape index (κ3) is 5.87. The van der Waals surface area contributed by atoms with Gasteiger partial charge in [-0.15, -0.1) is 0 Å². The number of carbonyl (C=O) groups is 3. The molecule has 1 unspecified atom stereocenters. The van der Waals surface area contributed by atoms with Crippen LogP contribution in [0.3, 0.4) is 0 Å². The van der Waals surface area contributed by atoms with Crippen molar-refractivity contribution in [3.63, 3.8) is 0 Å². The Morgan fingerprint density at radius 1 is 1.06 bits per heavy atom. The molecule has 0 spiro atoms. The topological polar surface area (TPSA) is 149 Å². The number of carboxylic acids is 1. The van der Waals surface area contributed by atoms with Crippen molar-refractivity contribution in [2.75, 3.05) is 17.2 Å². The van der Waals surface area contributed by atoms with E-state index in [1.54, 1.807) is 47.4 Å². The van der Waals surface area contributed by atoms with Crippen LogP contribution in [-0.4, -0.2) is 46.2 Å². The van der Waals surface area contributed by atoms with E-state index < -0.39 is 12.0 Å². The number of nitrogens with zero attached hydrogens (tertiary/aromatic N) is 1. The van der Waals surface area contributed by atoms with Crippen LogP contribution < -0.4 is 16.4 Å². The summed E-state index contributed by atoms with van der Waals surface area (Å²) in [6.45, 7) is 0.664. The summed E-state index contributed by atoms with van der Waals surface area (Å²) in [5.74, 6) is -1.75. The maximum atomic E-state index is 13.2. The number of nitrogens with two attached hydrogens (primary N) is 1. The smallest absolute Gasteiger partial charge is 0.305 e. The molecule has 1 atom stereocenters. The zero-order valence-electron chi connectivity index (χ0n) is 19.5. The van der Waals surface area contributed by atoms with Gasteiger partial charge in [-0.1, -0.05) is 30.3 Å². The standard InChI is InChI=1S/C27H27N5O4/c28-25(29)18-6-9-21(10-7-18)30-26(35)19-8-11-22-20(14-19)16-32(13-12-17-4-2-1-3-5-17)27(36)23(31-22)15-24(33)34/h1-11,14,23,31H,12-13,15-16H2,(H3,28,29)(H,30,35)(H,33,34). The van der Waals surface area contributed by atoms with Crippen LogP contribution in [0.2, 0.25) is 0 Å². The monoisotopic (exact) mass is 485 g/mol. The van der Waals surface area contributed by atoms with Crippen LogP contribution in [0.4, 0.5) is 11.4 Å². The number of amides is 2. The highest BCUT2D eigenvalue weighted by Crippen LogP contribution is 2.26. The van der Waals surface area contributed by atoms with E-state index in [2.05, 4.69) is 10.6 Å². The molecule has 0 bridgehead atoms. The molecule has 0 aromatic heterocycles. The first-order chi connectivity index (χ1) is 17.3. The molecule has 2 amide bonds. The van der Waals surface area contributed by atoms with E-state index in [1.807, 2.05) is 30.3 Å². The maximum absolute atomic E-state index is 13.2. The summed E-state index contributed by atoms with van der Waals surface area (Å²) in [4.78, 5) is 39.2. The number of nitrogens with one attached hydrogen (secondary N) is 3. The van der Waals surface area contributed by atoms with Gasteiger partial charge >= 0.3 is 5.97 Å². The van der Waals surface area contributed by atoms with Gasteiger partial charge in [0.2, 0.25) is 5.91 Å². The molecule has 0 fully saturated rings. The highest BCUT2D eigenvalue weighted by atomic mass is 16.4. The van der Waals surface area contributed by atoms with Crippen molar-refractivity contribution in [1.29, 1.82) is 5.41 Å². The van der Waals surface area contributed by atoms with Crippen molar-refractivity contribution in [3.8, 4) is 0 Å². The molecule has 184 valence electrons. The Morgan fingerprint density at radius 3 is 2.42 bits per heavy atom. The van der Waals surface area contributed by atoms with Crippen LogP contribution in [0, 0.1) is 5.41 Å². The Labute approximate surface area is 208 Å². The molecule has 0 saturated carbocycles. The van der Waals surface area contributed by atoms with E-state index in [4.69, 9.17) is 11.1 Å². The lowest BCUT2D eigenvalue weighted by Crippen LogP contribution is -2.42. The SMILES string of the molecule is N=C(N)c1ccc(NC(=O)c2ccc3c(c2)CN(CCc2ccccc2)C(=O)C(CC(=O)O)N3)cc1. The Hall–Kier alpha value is -4.66. The maximum Gasteiger partial charge on any atom is 0.305 e. The predicted octanol–water partition coefficient (Wildman–Crippen LogP) is 3.06. The number of fused-ring (bicyclic) bond motifs is 1. The Kier molecular flexibility index (Phi) is 7.29. The summed E-state index contributed by atoms with van der Waals surface area (Å²) in [6, 6.07) is 20.5. The fourth-order valence-corrected chi connectivity index (χ4v) is 4.11. The number of benzene rings is 3. The summed E-state index contributed by atoms with van der Waals surface area (Å²) in [6.07, 6.45) is 0.275. The lowest BCUT2D eigenvalue weighted by atomic mass is 10.1. The van der Waals surface area contributed by atoms with Gasteiger partial charge in [-0.2, -0.15) is 0 Å². The fraction of sp³-hybridized carbons (Fsp3) is 0.185. The second kappa shape index (κ2) is 10.7. The lowest BCUT2D eigenvalue weighted by Gasteiger charge is -2.24. The number of nitrogen functional groups attached to an aromatic ring is 1.